The minimum absolute atomic E-state index is 0.0513. The zero-order valence-corrected chi connectivity index (χ0v) is 20.4. The Kier molecular flexibility index (Phi) is 7.20. The van der Waals surface area contributed by atoms with Crippen molar-refractivity contribution in [3.63, 3.8) is 0 Å². The van der Waals surface area contributed by atoms with E-state index in [0.717, 1.165) is 29.7 Å². The van der Waals surface area contributed by atoms with Crippen LogP contribution in [0.2, 0.25) is 0 Å². The number of thiazole rings is 1. The second-order valence-electron chi connectivity index (χ2n) is 9.96. The van der Waals surface area contributed by atoms with E-state index in [1.54, 1.807) is 11.3 Å². The van der Waals surface area contributed by atoms with Crippen LogP contribution in [0.5, 0.6) is 0 Å². The summed E-state index contributed by atoms with van der Waals surface area (Å²) >= 11 is 1.63. The second kappa shape index (κ2) is 9.51. The molecule has 2 atom stereocenters. The van der Waals surface area contributed by atoms with Crippen LogP contribution < -0.4 is 5.32 Å². The standard InChI is InChI=1S/C25H35N3O2S/c1-16(2)21(25(4,5)6)24(30)28-13-7-8-20(28)23(29)26-14-18-9-11-19(12-10-18)22-17(3)27-15-31-22/h9-12,15-16,20-21H,7-8,13-14H2,1-6H3,(H,26,29). The van der Waals surface area contributed by atoms with Crippen molar-refractivity contribution in [2.75, 3.05) is 6.54 Å². The molecule has 0 aliphatic carbocycles. The maximum absolute atomic E-state index is 13.3. The van der Waals surface area contributed by atoms with Gasteiger partial charge in [0, 0.05) is 19.0 Å². The smallest absolute Gasteiger partial charge is 0.243 e. The Morgan fingerprint density at radius 1 is 1.23 bits per heavy atom. The predicted octanol–water partition coefficient (Wildman–Crippen LogP) is 5.04. The Bertz CT molecular complexity index is 912. The summed E-state index contributed by atoms with van der Waals surface area (Å²) in [6, 6.07) is 7.87. The van der Waals surface area contributed by atoms with Gasteiger partial charge in [0.1, 0.15) is 6.04 Å². The third kappa shape index (κ3) is 5.35. The average molecular weight is 442 g/mol. The average Bonchev–Trinajstić information content (AvgIpc) is 3.34. The Morgan fingerprint density at radius 2 is 1.90 bits per heavy atom. The SMILES string of the molecule is Cc1ncsc1-c1ccc(CNC(=O)C2CCCN2C(=O)C(C(C)C)C(C)(C)C)cc1. The molecule has 2 amide bonds. The minimum Gasteiger partial charge on any atom is -0.350 e. The molecular formula is C25H35N3O2S. The van der Waals surface area contributed by atoms with Gasteiger partial charge in [0.25, 0.3) is 0 Å². The van der Waals surface area contributed by atoms with E-state index < -0.39 is 0 Å². The normalized spacial score (nSPS) is 17.8. The third-order valence-electron chi connectivity index (χ3n) is 6.13. The van der Waals surface area contributed by atoms with Crippen molar-refractivity contribution in [1.29, 1.82) is 0 Å². The Labute approximate surface area is 190 Å². The highest BCUT2D eigenvalue weighted by Gasteiger charge is 2.42. The van der Waals surface area contributed by atoms with Crippen LogP contribution in [0.15, 0.2) is 29.8 Å². The minimum atomic E-state index is -0.366. The van der Waals surface area contributed by atoms with E-state index in [1.165, 1.54) is 4.88 Å². The van der Waals surface area contributed by atoms with Gasteiger partial charge in [-0.3, -0.25) is 9.59 Å². The van der Waals surface area contributed by atoms with Crippen LogP contribution in [-0.2, 0) is 16.1 Å². The lowest BCUT2D eigenvalue weighted by Gasteiger charge is -2.37. The monoisotopic (exact) mass is 441 g/mol. The summed E-state index contributed by atoms with van der Waals surface area (Å²) < 4.78 is 0. The molecule has 2 heterocycles. The van der Waals surface area contributed by atoms with Crippen LogP contribution in [0.4, 0.5) is 0 Å². The molecule has 5 nitrogen and oxygen atoms in total. The molecular weight excluding hydrogens is 406 g/mol. The molecule has 6 heteroatoms. The molecule has 1 aliphatic rings. The molecule has 3 rings (SSSR count). The van der Waals surface area contributed by atoms with E-state index in [2.05, 4.69) is 57.1 Å². The van der Waals surface area contributed by atoms with Gasteiger partial charge in [-0.05, 0) is 42.2 Å². The summed E-state index contributed by atoms with van der Waals surface area (Å²) in [5.74, 6) is 0.204. The number of aromatic nitrogens is 1. The first-order valence-corrected chi connectivity index (χ1v) is 12.0. The van der Waals surface area contributed by atoms with Crippen molar-refractivity contribution in [3.05, 3.63) is 41.0 Å². The van der Waals surface area contributed by atoms with Gasteiger partial charge in [0.15, 0.2) is 0 Å². The Balaban J connectivity index is 1.63. The fraction of sp³-hybridized carbons (Fsp3) is 0.560. The lowest BCUT2D eigenvalue weighted by molar-refractivity contribution is -0.146. The maximum Gasteiger partial charge on any atom is 0.243 e. The topological polar surface area (TPSA) is 62.3 Å². The molecule has 1 N–H and O–H groups in total. The predicted molar refractivity (Wildman–Crippen MR) is 127 cm³/mol. The summed E-state index contributed by atoms with van der Waals surface area (Å²) in [4.78, 5) is 33.6. The van der Waals surface area contributed by atoms with Crippen molar-refractivity contribution in [3.8, 4) is 10.4 Å². The molecule has 1 aromatic carbocycles. The molecule has 168 valence electrons. The number of nitrogens with zero attached hydrogens (tertiary/aromatic N) is 2. The van der Waals surface area contributed by atoms with Crippen LogP contribution in [-0.4, -0.2) is 34.3 Å². The molecule has 0 radical (unpaired) electrons. The van der Waals surface area contributed by atoms with Gasteiger partial charge < -0.3 is 10.2 Å². The number of aryl methyl sites for hydroxylation is 1. The van der Waals surface area contributed by atoms with E-state index in [-0.39, 0.29) is 35.1 Å². The number of hydrogen-bond donors (Lipinski definition) is 1. The van der Waals surface area contributed by atoms with Crippen molar-refractivity contribution in [1.82, 2.24) is 15.2 Å². The van der Waals surface area contributed by atoms with Crippen molar-refractivity contribution in [2.45, 2.75) is 67.0 Å². The fourth-order valence-corrected chi connectivity index (χ4v) is 5.61. The second-order valence-corrected chi connectivity index (χ2v) is 10.8. The van der Waals surface area contributed by atoms with Crippen LogP contribution in [0.1, 0.15) is 58.7 Å². The number of likely N-dealkylation sites (tertiary alicyclic amines) is 1. The zero-order chi connectivity index (χ0) is 22.8. The first kappa shape index (κ1) is 23.5. The Morgan fingerprint density at radius 3 is 2.45 bits per heavy atom. The largest absolute Gasteiger partial charge is 0.350 e. The number of benzene rings is 1. The summed E-state index contributed by atoms with van der Waals surface area (Å²) in [6.45, 7) is 13.7. The van der Waals surface area contributed by atoms with Gasteiger partial charge in [0.05, 0.1) is 16.1 Å². The summed E-state index contributed by atoms with van der Waals surface area (Å²) in [6.07, 6.45) is 1.61. The molecule has 1 saturated heterocycles. The molecule has 0 bridgehead atoms. The number of carbonyl (C=O) groups excluding carboxylic acids is 2. The van der Waals surface area contributed by atoms with E-state index >= 15 is 0 Å². The highest BCUT2D eigenvalue weighted by atomic mass is 32.1. The summed E-state index contributed by atoms with van der Waals surface area (Å²) in [5, 5.41) is 3.06. The lowest BCUT2D eigenvalue weighted by atomic mass is 9.73. The van der Waals surface area contributed by atoms with Gasteiger partial charge in [-0.15, -0.1) is 11.3 Å². The van der Waals surface area contributed by atoms with Crippen LogP contribution >= 0.6 is 11.3 Å². The molecule has 1 aromatic heterocycles. The van der Waals surface area contributed by atoms with Gasteiger partial charge in [-0.2, -0.15) is 0 Å². The first-order valence-electron chi connectivity index (χ1n) is 11.2. The van der Waals surface area contributed by atoms with Gasteiger partial charge in [-0.1, -0.05) is 58.9 Å². The van der Waals surface area contributed by atoms with Crippen molar-refractivity contribution in [2.24, 2.45) is 17.3 Å². The third-order valence-corrected chi connectivity index (χ3v) is 7.11. The maximum atomic E-state index is 13.3. The molecule has 2 unspecified atom stereocenters. The highest BCUT2D eigenvalue weighted by molar-refractivity contribution is 7.13. The van der Waals surface area contributed by atoms with Gasteiger partial charge in [0.2, 0.25) is 11.8 Å². The van der Waals surface area contributed by atoms with Crippen molar-refractivity contribution < 1.29 is 9.59 Å². The first-order chi connectivity index (χ1) is 14.6. The van der Waals surface area contributed by atoms with Crippen LogP contribution in [0, 0.1) is 24.2 Å². The van der Waals surface area contributed by atoms with E-state index in [9.17, 15) is 9.59 Å². The lowest BCUT2D eigenvalue weighted by Crippen LogP contribution is -2.50. The summed E-state index contributed by atoms with van der Waals surface area (Å²) in [7, 11) is 0. The van der Waals surface area contributed by atoms with Gasteiger partial charge >= 0.3 is 0 Å². The number of hydrogen-bond acceptors (Lipinski definition) is 4. The molecule has 0 spiro atoms. The van der Waals surface area contributed by atoms with Gasteiger partial charge in [-0.25, -0.2) is 4.98 Å². The van der Waals surface area contributed by atoms with Crippen LogP contribution in [0.3, 0.4) is 0 Å². The number of nitrogens with one attached hydrogen (secondary N) is 1. The molecule has 2 aromatic rings. The number of carbonyl (C=O) groups is 2. The van der Waals surface area contributed by atoms with Crippen molar-refractivity contribution >= 4 is 23.2 Å². The van der Waals surface area contributed by atoms with E-state index in [4.69, 9.17) is 0 Å². The Hall–Kier alpha value is -2.21. The molecule has 0 saturated carbocycles. The number of amides is 2. The zero-order valence-electron chi connectivity index (χ0n) is 19.6. The van der Waals surface area contributed by atoms with E-state index in [1.807, 2.05) is 29.5 Å². The number of rotatable bonds is 6. The van der Waals surface area contributed by atoms with E-state index in [0.29, 0.717) is 13.1 Å². The van der Waals surface area contributed by atoms with Crippen LogP contribution in [0.25, 0.3) is 10.4 Å². The highest BCUT2D eigenvalue weighted by Crippen LogP contribution is 2.35. The molecule has 1 fully saturated rings. The molecule has 1 aliphatic heterocycles. The quantitative estimate of drug-likeness (QED) is 0.683. The summed E-state index contributed by atoms with van der Waals surface area (Å²) in [5.41, 5.74) is 4.95. The molecule has 31 heavy (non-hydrogen) atoms. The fourth-order valence-electron chi connectivity index (χ4n) is 4.80.